The molecule has 0 aliphatic heterocycles. The van der Waals surface area contributed by atoms with Crippen molar-refractivity contribution in [1.82, 2.24) is 10.1 Å². The van der Waals surface area contributed by atoms with Crippen molar-refractivity contribution < 1.29 is 9.32 Å². The summed E-state index contributed by atoms with van der Waals surface area (Å²) in [6.45, 7) is 4.36. The predicted molar refractivity (Wildman–Crippen MR) is 79.7 cm³/mol. The molecule has 2 atom stereocenters. The Morgan fingerprint density at radius 2 is 2.05 bits per heavy atom. The Hall–Kier alpha value is -2.10. The predicted octanol–water partition coefficient (Wildman–Crippen LogP) is 3.05. The van der Waals surface area contributed by atoms with Gasteiger partial charge in [0.05, 0.1) is 12.2 Å². The molecule has 0 bridgehead atoms. The van der Waals surface area contributed by atoms with E-state index in [2.05, 4.69) is 17.3 Å². The number of aryl methyl sites for hydroxylation is 2. The summed E-state index contributed by atoms with van der Waals surface area (Å²) in [5.74, 6) is 1.51. The van der Waals surface area contributed by atoms with Crippen LogP contribution >= 0.6 is 0 Å². The highest BCUT2D eigenvalue weighted by Crippen LogP contribution is 2.48. The van der Waals surface area contributed by atoms with Gasteiger partial charge in [-0.2, -0.15) is 0 Å². The maximum Gasteiger partial charge on any atom is 0.226 e. The van der Waals surface area contributed by atoms with Crippen LogP contribution in [0.3, 0.4) is 0 Å². The lowest BCUT2D eigenvalue weighted by Crippen LogP contribution is -2.28. The molecule has 1 aromatic heterocycles. The van der Waals surface area contributed by atoms with Crippen LogP contribution in [-0.4, -0.2) is 23.0 Å². The van der Waals surface area contributed by atoms with Gasteiger partial charge in [-0.25, -0.2) is 0 Å². The maximum absolute atomic E-state index is 12.5. The average Bonchev–Trinajstić information content (AvgIpc) is 3.24. The number of hydrogen-bond donors (Lipinski definition) is 0. The van der Waals surface area contributed by atoms with Gasteiger partial charge in [0.25, 0.3) is 0 Å². The molecule has 1 saturated carbocycles. The molecule has 4 nitrogen and oxygen atoms in total. The standard InChI is InChI=1S/C17H20N2O2/c1-11-16(12(2)21-18-11)10-19(3)17(20)15-9-14(15)13-7-5-4-6-8-13/h4-8,14-15H,9-10H2,1-3H3/t14-,15+/m0/s1. The molecule has 1 aromatic carbocycles. The summed E-state index contributed by atoms with van der Waals surface area (Å²) < 4.78 is 5.15. The second-order valence-electron chi connectivity index (χ2n) is 5.86. The second-order valence-corrected chi connectivity index (χ2v) is 5.86. The molecular weight excluding hydrogens is 264 g/mol. The quantitative estimate of drug-likeness (QED) is 0.867. The van der Waals surface area contributed by atoms with Gasteiger partial charge in [-0.3, -0.25) is 4.79 Å². The number of carbonyl (C=O) groups excluding carboxylic acids is 1. The van der Waals surface area contributed by atoms with Crippen LogP contribution in [0.25, 0.3) is 0 Å². The van der Waals surface area contributed by atoms with Gasteiger partial charge in [0.15, 0.2) is 0 Å². The number of rotatable bonds is 4. The van der Waals surface area contributed by atoms with Crippen LogP contribution in [0.4, 0.5) is 0 Å². The van der Waals surface area contributed by atoms with Gasteiger partial charge in [-0.15, -0.1) is 0 Å². The minimum absolute atomic E-state index is 0.123. The summed E-state index contributed by atoms with van der Waals surface area (Å²) in [4.78, 5) is 14.3. The molecule has 21 heavy (non-hydrogen) atoms. The molecule has 0 unspecified atom stereocenters. The minimum Gasteiger partial charge on any atom is -0.361 e. The lowest BCUT2D eigenvalue weighted by atomic mass is 10.1. The van der Waals surface area contributed by atoms with Crippen molar-refractivity contribution in [1.29, 1.82) is 0 Å². The normalized spacial score (nSPS) is 20.3. The zero-order valence-corrected chi connectivity index (χ0v) is 12.7. The molecule has 0 N–H and O–H groups in total. The number of nitrogens with zero attached hydrogens (tertiary/aromatic N) is 2. The van der Waals surface area contributed by atoms with E-state index in [1.807, 2.05) is 39.1 Å². The highest BCUT2D eigenvalue weighted by molar-refractivity contribution is 5.82. The molecule has 1 heterocycles. The Kier molecular flexibility index (Phi) is 3.53. The van der Waals surface area contributed by atoms with Crippen LogP contribution in [0, 0.1) is 19.8 Å². The molecule has 1 aliphatic carbocycles. The van der Waals surface area contributed by atoms with Gasteiger partial charge < -0.3 is 9.42 Å². The maximum atomic E-state index is 12.5. The Bertz CT molecular complexity index is 629. The highest BCUT2D eigenvalue weighted by Gasteiger charge is 2.45. The van der Waals surface area contributed by atoms with Crippen molar-refractivity contribution in [2.45, 2.75) is 32.7 Å². The number of amides is 1. The van der Waals surface area contributed by atoms with Crippen molar-refractivity contribution in [3.8, 4) is 0 Å². The first kappa shape index (κ1) is 13.9. The fraction of sp³-hybridized carbons (Fsp3) is 0.412. The molecule has 110 valence electrons. The summed E-state index contributed by atoms with van der Waals surface area (Å²) >= 11 is 0. The van der Waals surface area contributed by atoms with Crippen molar-refractivity contribution in [3.05, 3.63) is 52.9 Å². The molecule has 1 fully saturated rings. The van der Waals surface area contributed by atoms with Crippen LogP contribution < -0.4 is 0 Å². The zero-order chi connectivity index (χ0) is 15.0. The van der Waals surface area contributed by atoms with E-state index in [4.69, 9.17) is 4.52 Å². The van der Waals surface area contributed by atoms with E-state index in [9.17, 15) is 4.79 Å². The SMILES string of the molecule is Cc1noc(C)c1CN(C)C(=O)[C@@H]1C[C@H]1c1ccccc1. The van der Waals surface area contributed by atoms with Crippen molar-refractivity contribution >= 4 is 5.91 Å². The Labute approximate surface area is 124 Å². The Morgan fingerprint density at radius 3 is 2.67 bits per heavy atom. The molecule has 0 spiro atoms. The second kappa shape index (κ2) is 5.35. The summed E-state index contributed by atoms with van der Waals surface area (Å²) in [5.41, 5.74) is 3.15. The van der Waals surface area contributed by atoms with Crippen molar-refractivity contribution in [3.63, 3.8) is 0 Å². The minimum atomic E-state index is 0.123. The molecule has 2 aromatic rings. The van der Waals surface area contributed by atoms with Crippen LogP contribution in [0.5, 0.6) is 0 Å². The van der Waals surface area contributed by atoms with Crippen molar-refractivity contribution in [2.24, 2.45) is 5.92 Å². The van der Waals surface area contributed by atoms with Gasteiger partial charge >= 0.3 is 0 Å². The van der Waals surface area contributed by atoms with Gasteiger partial charge in [-0.05, 0) is 31.7 Å². The Morgan fingerprint density at radius 1 is 1.33 bits per heavy atom. The smallest absolute Gasteiger partial charge is 0.226 e. The molecular formula is C17H20N2O2. The lowest BCUT2D eigenvalue weighted by Gasteiger charge is -2.17. The summed E-state index contributed by atoms with van der Waals surface area (Å²) in [6, 6.07) is 10.3. The first-order valence-electron chi connectivity index (χ1n) is 7.29. The average molecular weight is 284 g/mol. The van der Waals surface area contributed by atoms with Crippen LogP contribution in [0.2, 0.25) is 0 Å². The monoisotopic (exact) mass is 284 g/mol. The third-order valence-corrected chi connectivity index (χ3v) is 4.29. The van der Waals surface area contributed by atoms with E-state index in [-0.39, 0.29) is 11.8 Å². The van der Waals surface area contributed by atoms with Gasteiger partial charge in [0.2, 0.25) is 5.91 Å². The molecule has 1 amide bonds. The number of carbonyl (C=O) groups is 1. The zero-order valence-electron chi connectivity index (χ0n) is 12.7. The van der Waals surface area contributed by atoms with Crippen LogP contribution in [0.1, 0.15) is 34.9 Å². The van der Waals surface area contributed by atoms with E-state index in [0.717, 1.165) is 23.4 Å². The van der Waals surface area contributed by atoms with E-state index < -0.39 is 0 Å². The molecule has 3 rings (SSSR count). The summed E-state index contributed by atoms with van der Waals surface area (Å²) in [5, 5.41) is 3.94. The first-order valence-corrected chi connectivity index (χ1v) is 7.29. The van der Waals surface area contributed by atoms with Crippen molar-refractivity contribution in [2.75, 3.05) is 7.05 Å². The number of aromatic nitrogens is 1. The lowest BCUT2D eigenvalue weighted by molar-refractivity contribution is -0.131. The molecule has 4 heteroatoms. The fourth-order valence-electron chi connectivity index (χ4n) is 2.86. The van der Waals surface area contributed by atoms with Crippen LogP contribution in [0.15, 0.2) is 34.9 Å². The fourth-order valence-corrected chi connectivity index (χ4v) is 2.86. The van der Waals surface area contributed by atoms with E-state index in [1.165, 1.54) is 5.56 Å². The first-order chi connectivity index (χ1) is 10.1. The Balaban J connectivity index is 1.64. The van der Waals surface area contributed by atoms with Gasteiger partial charge in [-0.1, -0.05) is 35.5 Å². The molecule has 0 saturated heterocycles. The van der Waals surface area contributed by atoms with Gasteiger partial charge in [0, 0.05) is 18.5 Å². The van der Waals surface area contributed by atoms with Crippen LogP contribution in [-0.2, 0) is 11.3 Å². The van der Waals surface area contributed by atoms with E-state index >= 15 is 0 Å². The third-order valence-electron chi connectivity index (χ3n) is 4.29. The molecule has 0 radical (unpaired) electrons. The summed E-state index contributed by atoms with van der Waals surface area (Å²) in [6.07, 6.45) is 0.953. The number of benzene rings is 1. The van der Waals surface area contributed by atoms with E-state index in [0.29, 0.717) is 12.5 Å². The highest BCUT2D eigenvalue weighted by atomic mass is 16.5. The summed E-state index contributed by atoms with van der Waals surface area (Å²) in [7, 11) is 1.86. The molecule has 1 aliphatic rings. The third kappa shape index (κ3) is 2.71. The van der Waals surface area contributed by atoms with E-state index in [1.54, 1.807) is 4.90 Å². The largest absolute Gasteiger partial charge is 0.361 e. The topological polar surface area (TPSA) is 46.3 Å². The van der Waals surface area contributed by atoms with Gasteiger partial charge in [0.1, 0.15) is 5.76 Å². The number of hydrogen-bond acceptors (Lipinski definition) is 3.